The predicted molar refractivity (Wildman–Crippen MR) is 139 cm³/mol. The predicted octanol–water partition coefficient (Wildman–Crippen LogP) is 2.61. The van der Waals surface area contributed by atoms with E-state index in [9.17, 15) is 13.2 Å². The number of benzene rings is 2. The molecule has 2 heterocycles. The molecule has 0 radical (unpaired) electrons. The second-order valence-corrected chi connectivity index (χ2v) is 10.6. The number of anilines is 1. The van der Waals surface area contributed by atoms with Crippen molar-refractivity contribution in [1.29, 1.82) is 0 Å². The average Bonchev–Trinajstić information content (AvgIpc) is 2.88. The van der Waals surface area contributed by atoms with Crippen LogP contribution in [-0.4, -0.2) is 68.5 Å². The third kappa shape index (κ3) is 6.13. The summed E-state index contributed by atoms with van der Waals surface area (Å²) in [4.78, 5) is 15.4. The Morgan fingerprint density at radius 1 is 0.972 bits per heavy atom. The fourth-order valence-corrected chi connectivity index (χ4v) is 5.68. The van der Waals surface area contributed by atoms with Crippen LogP contribution in [0.5, 0.6) is 5.75 Å². The van der Waals surface area contributed by atoms with Gasteiger partial charge in [0.15, 0.2) is 0 Å². The van der Waals surface area contributed by atoms with E-state index in [0.717, 1.165) is 11.1 Å². The zero-order valence-electron chi connectivity index (χ0n) is 20.7. The number of piperazine rings is 1. The zero-order valence-corrected chi connectivity index (χ0v) is 21.5. The molecule has 10 heteroatoms. The minimum absolute atomic E-state index is 0.0340. The van der Waals surface area contributed by atoms with E-state index in [2.05, 4.69) is 5.10 Å². The van der Waals surface area contributed by atoms with E-state index in [-0.39, 0.29) is 23.7 Å². The van der Waals surface area contributed by atoms with Crippen LogP contribution in [0.2, 0.25) is 0 Å². The third-order valence-corrected chi connectivity index (χ3v) is 7.85. The van der Waals surface area contributed by atoms with Crippen molar-refractivity contribution in [3.63, 3.8) is 0 Å². The monoisotopic (exact) mass is 512 g/mol. The smallest absolute Gasteiger partial charge is 0.316 e. The summed E-state index contributed by atoms with van der Waals surface area (Å²) in [6, 6.07) is 16.7. The summed E-state index contributed by atoms with van der Waals surface area (Å²) in [6.07, 6.45) is 1.62. The first-order chi connectivity index (χ1) is 17.4. The standard InChI is InChI=1S/C26H32N4O5S/c1-3-34-16-17-35-25-24(19-27-30(26(25)31)23-11-7-8-21(2)18-23)28-12-14-29(15-13-28)36(32,33)20-22-9-5-4-6-10-22/h4-11,18-19H,3,12-17,20H2,1-2H3. The maximum absolute atomic E-state index is 13.4. The van der Waals surface area contributed by atoms with Crippen molar-refractivity contribution >= 4 is 15.7 Å². The Labute approximate surface area is 211 Å². The highest BCUT2D eigenvalue weighted by Gasteiger charge is 2.29. The number of aromatic nitrogens is 2. The minimum Gasteiger partial charge on any atom is -0.484 e. The Bertz CT molecular complexity index is 1320. The highest BCUT2D eigenvalue weighted by atomic mass is 32.2. The van der Waals surface area contributed by atoms with Crippen LogP contribution in [0.3, 0.4) is 0 Å². The van der Waals surface area contributed by atoms with E-state index < -0.39 is 10.0 Å². The van der Waals surface area contributed by atoms with Crippen LogP contribution in [0.25, 0.3) is 5.69 Å². The number of aryl methyl sites for hydroxylation is 1. The van der Waals surface area contributed by atoms with Gasteiger partial charge in [-0.05, 0) is 37.1 Å². The van der Waals surface area contributed by atoms with E-state index >= 15 is 0 Å². The molecule has 1 saturated heterocycles. The van der Waals surface area contributed by atoms with Crippen LogP contribution in [0.15, 0.2) is 65.6 Å². The first-order valence-corrected chi connectivity index (χ1v) is 13.7. The summed E-state index contributed by atoms with van der Waals surface area (Å²) >= 11 is 0. The number of hydrogen-bond acceptors (Lipinski definition) is 7. The Kier molecular flexibility index (Phi) is 8.40. The Morgan fingerprint density at radius 2 is 1.72 bits per heavy atom. The van der Waals surface area contributed by atoms with Gasteiger partial charge in [0.1, 0.15) is 12.3 Å². The molecule has 0 saturated carbocycles. The molecule has 3 aromatic rings. The molecule has 0 aliphatic carbocycles. The summed E-state index contributed by atoms with van der Waals surface area (Å²) < 4.78 is 40.0. The normalized spacial score (nSPS) is 14.7. The van der Waals surface area contributed by atoms with Gasteiger partial charge in [0, 0.05) is 32.8 Å². The molecule has 0 N–H and O–H groups in total. The fourth-order valence-electron chi connectivity index (χ4n) is 4.16. The molecule has 2 aromatic carbocycles. The van der Waals surface area contributed by atoms with Gasteiger partial charge in [-0.1, -0.05) is 42.5 Å². The van der Waals surface area contributed by atoms with Gasteiger partial charge < -0.3 is 14.4 Å². The first kappa shape index (κ1) is 25.9. The van der Waals surface area contributed by atoms with Gasteiger partial charge in [0.2, 0.25) is 15.8 Å². The molecule has 1 aromatic heterocycles. The number of nitrogens with zero attached hydrogens (tertiary/aromatic N) is 4. The first-order valence-electron chi connectivity index (χ1n) is 12.1. The molecular weight excluding hydrogens is 480 g/mol. The van der Waals surface area contributed by atoms with Crippen molar-refractivity contribution in [3.8, 4) is 11.4 Å². The largest absolute Gasteiger partial charge is 0.484 e. The molecule has 0 amide bonds. The molecule has 0 unspecified atom stereocenters. The molecular formula is C26H32N4O5S. The van der Waals surface area contributed by atoms with E-state index in [1.807, 2.05) is 73.3 Å². The van der Waals surface area contributed by atoms with Gasteiger partial charge in [-0.2, -0.15) is 14.1 Å². The Morgan fingerprint density at radius 3 is 2.42 bits per heavy atom. The topological polar surface area (TPSA) is 94.0 Å². The van der Waals surface area contributed by atoms with Gasteiger partial charge in [0.25, 0.3) is 0 Å². The number of hydrogen-bond donors (Lipinski definition) is 0. The number of rotatable bonds is 10. The minimum atomic E-state index is -3.45. The lowest BCUT2D eigenvalue weighted by Gasteiger charge is -2.35. The molecule has 4 rings (SSSR count). The summed E-state index contributed by atoms with van der Waals surface area (Å²) in [5.74, 6) is 0.153. The van der Waals surface area contributed by atoms with Crippen molar-refractivity contribution in [2.45, 2.75) is 19.6 Å². The highest BCUT2D eigenvalue weighted by molar-refractivity contribution is 7.88. The van der Waals surface area contributed by atoms with Crippen molar-refractivity contribution in [2.75, 3.05) is 50.9 Å². The van der Waals surface area contributed by atoms with E-state index in [1.54, 1.807) is 6.20 Å². The molecule has 1 aliphatic heterocycles. The molecule has 0 bridgehead atoms. The van der Waals surface area contributed by atoms with Crippen LogP contribution in [0, 0.1) is 6.92 Å². The summed E-state index contributed by atoms with van der Waals surface area (Å²) in [7, 11) is -3.45. The summed E-state index contributed by atoms with van der Waals surface area (Å²) in [6.45, 7) is 6.45. The Hall–Kier alpha value is -3.21. The van der Waals surface area contributed by atoms with Gasteiger partial charge in [0.05, 0.1) is 24.2 Å². The highest BCUT2D eigenvalue weighted by Crippen LogP contribution is 2.26. The van der Waals surface area contributed by atoms with Gasteiger partial charge in [-0.25, -0.2) is 8.42 Å². The molecule has 1 fully saturated rings. The van der Waals surface area contributed by atoms with Crippen LogP contribution in [-0.2, 0) is 20.5 Å². The maximum Gasteiger partial charge on any atom is 0.316 e. The summed E-state index contributed by atoms with van der Waals surface area (Å²) in [5.41, 5.74) is 2.61. The lowest BCUT2D eigenvalue weighted by Crippen LogP contribution is -2.49. The van der Waals surface area contributed by atoms with Gasteiger partial charge in [-0.15, -0.1) is 0 Å². The SMILES string of the molecule is CCOCCOc1c(N2CCN(S(=O)(=O)Cc3ccccc3)CC2)cnn(-c2cccc(C)c2)c1=O. The molecule has 1 aliphatic rings. The Balaban J connectivity index is 1.54. The van der Waals surface area contributed by atoms with Crippen LogP contribution >= 0.6 is 0 Å². The van der Waals surface area contributed by atoms with E-state index in [0.29, 0.717) is 50.8 Å². The van der Waals surface area contributed by atoms with Crippen molar-refractivity contribution in [2.24, 2.45) is 0 Å². The third-order valence-electron chi connectivity index (χ3n) is 6.00. The van der Waals surface area contributed by atoms with Crippen molar-refractivity contribution < 1.29 is 17.9 Å². The van der Waals surface area contributed by atoms with E-state index in [1.165, 1.54) is 8.99 Å². The number of sulfonamides is 1. The van der Waals surface area contributed by atoms with Crippen molar-refractivity contribution in [1.82, 2.24) is 14.1 Å². The molecule has 0 atom stereocenters. The zero-order chi connectivity index (χ0) is 25.5. The molecule has 192 valence electrons. The van der Waals surface area contributed by atoms with Crippen LogP contribution in [0.1, 0.15) is 18.1 Å². The lowest BCUT2D eigenvalue weighted by molar-refractivity contribution is 0.109. The van der Waals surface area contributed by atoms with Crippen LogP contribution in [0.4, 0.5) is 5.69 Å². The lowest BCUT2D eigenvalue weighted by atomic mass is 10.2. The molecule has 36 heavy (non-hydrogen) atoms. The van der Waals surface area contributed by atoms with Gasteiger partial charge >= 0.3 is 5.56 Å². The second-order valence-electron chi connectivity index (χ2n) is 8.59. The van der Waals surface area contributed by atoms with Crippen molar-refractivity contribution in [3.05, 3.63) is 82.3 Å². The van der Waals surface area contributed by atoms with E-state index in [4.69, 9.17) is 9.47 Å². The maximum atomic E-state index is 13.4. The van der Waals surface area contributed by atoms with Crippen LogP contribution < -0.4 is 15.2 Å². The fraction of sp³-hybridized carbons (Fsp3) is 0.385. The molecule has 9 nitrogen and oxygen atoms in total. The second kappa shape index (κ2) is 11.7. The molecule has 0 spiro atoms. The average molecular weight is 513 g/mol. The number of ether oxygens (including phenoxy) is 2. The summed E-state index contributed by atoms with van der Waals surface area (Å²) in [5, 5.41) is 4.41. The van der Waals surface area contributed by atoms with Gasteiger partial charge in [-0.3, -0.25) is 4.79 Å². The quantitative estimate of drug-likeness (QED) is 0.386.